The van der Waals surface area contributed by atoms with Crippen LogP contribution in [-0.4, -0.2) is 61.5 Å². The lowest BCUT2D eigenvalue weighted by molar-refractivity contribution is -0.134. The van der Waals surface area contributed by atoms with E-state index in [0.717, 1.165) is 5.56 Å². The molecule has 2 aromatic rings. The van der Waals surface area contributed by atoms with E-state index in [1.807, 2.05) is 12.1 Å². The molecule has 0 N–H and O–H groups in total. The van der Waals surface area contributed by atoms with Crippen molar-refractivity contribution >= 4 is 11.8 Å². The fraction of sp³-hybridized carbons (Fsp3) is 0.364. The smallest absolute Gasteiger partial charge is 0.260 e. The Morgan fingerprint density at radius 2 is 1.52 bits per heavy atom. The lowest BCUT2D eigenvalue weighted by atomic mass is 10.1. The van der Waals surface area contributed by atoms with Gasteiger partial charge >= 0.3 is 0 Å². The van der Waals surface area contributed by atoms with Crippen molar-refractivity contribution in [1.82, 2.24) is 9.80 Å². The van der Waals surface area contributed by atoms with Crippen molar-refractivity contribution in [2.24, 2.45) is 0 Å². The van der Waals surface area contributed by atoms with Crippen LogP contribution in [0.25, 0.3) is 0 Å². The van der Waals surface area contributed by atoms with E-state index < -0.39 is 0 Å². The van der Waals surface area contributed by atoms with Crippen LogP contribution in [0.3, 0.4) is 0 Å². The summed E-state index contributed by atoms with van der Waals surface area (Å²) in [5.74, 6) is 0.642. The number of hydrogen-bond acceptors (Lipinski definition) is 4. The second-order valence-electron chi connectivity index (χ2n) is 6.86. The zero-order valence-electron chi connectivity index (χ0n) is 16.5. The van der Waals surface area contributed by atoms with Crippen molar-refractivity contribution in [3.63, 3.8) is 0 Å². The van der Waals surface area contributed by atoms with Crippen LogP contribution < -0.4 is 9.47 Å². The Hall–Kier alpha value is -3.09. The fourth-order valence-corrected chi connectivity index (χ4v) is 3.27. The summed E-state index contributed by atoms with van der Waals surface area (Å²) >= 11 is 0. The molecule has 0 saturated carbocycles. The number of carbonyl (C=O) groups excluding carboxylic acids is 2. The number of ether oxygens (including phenoxy) is 2. The van der Waals surface area contributed by atoms with E-state index in [2.05, 4.69) is 0 Å². The standard InChI is InChI=1S/C22H25FN2O4/c1-28-19-5-2-3-6-20(19)29-16-22(27)25-12-4-11-24(13-14-25)21(26)15-17-7-9-18(23)10-8-17/h2-3,5-10H,4,11-16H2,1H3. The lowest BCUT2D eigenvalue weighted by Gasteiger charge is -2.22. The fourth-order valence-electron chi connectivity index (χ4n) is 3.27. The van der Waals surface area contributed by atoms with Gasteiger partial charge in [-0.15, -0.1) is 0 Å². The minimum Gasteiger partial charge on any atom is -0.493 e. The van der Waals surface area contributed by atoms with Gasteiger partial charge in [0.05, 0.1) is 13.5 Å². The van der Waals surface area contributed by atoms with Crippen molar-refractivity contribution in [3.05, 3.63) is 59.9 Å². The maximum atomic E-state index is 13.0. The van der Waals surface area contributed by atoms with Crippen LogP contribution in [0.4, 0.5) is 4.39 Å². The Morgan fingerprint density at radius 3 is 2.17 bits per heavy atom. The summed E-state index contributed by atoms with van der Waals surface area (Å²) in [6.07, 6.45) is 0.931. The van der Waals surface area contributed by atoms with Gasteiger partial charge in [0.25, 0.3) is 5.91 Å². The summed E-state index contributed by atoms with van der Waals surface area (Å²) in [4.78, 5) is 28.6. The second-order valence-corrected chi connectivity index (χ2v) is 6.86. The van der Waals surface area contributed by atoms with Crippen LogP contribution in [0, 0.1) is 5.82 Å². The van der Waals surface area contributed by atoms with Crippen molar-refractivity contribution in [1.29, 1.82) is 0 Å². The molecule has 0 aromatic heterocycles. The van der Waals surface area contributed by atoms with Gasteiger partial charge in [0, 0.05) is 26.2 Å². The van der Waals surface area contributed by atoms with Crippen molar-refractivity contribution in [2.75, 3.05) is 39.9 Å². The maximum Gasteiger partial charge on any atom is 0.260 e. The zero-order valence-corrected chi connectivity index (χ0v) is 16.5. The molecule has 2 amide bonds. The first kappa shape index (κ1) is 20.6. The van der Waals surface area contributed by atoms with Crippen LogP contribution in [0.1, 0.15) is 12.0 Å². The highest BCUT2D eigenvalue weighted by Crippen LogP contribution is 2.25. The summed E-state index contributed by atoms with van der Waals surface area (Å²) in [5.41, 5.74) is 0.777. The average molecular weight is 400 g/mol. The van der Waals surface area contributed by atoms with Gasteiger partial charge in [0.15, 0.2) is 18.1 Å². The molecule has 0 bridgehead atoms. The van der Waals surface area contributed by atoms with E-state index in [-0.39, 0.29) is 30.7 Å². The van der Waals surface area contributed by atoms with Crippen LogP contribution in [0.2, 0.25) is 0 Å². The number of methoxy groups -OCH3 is 1. The Labute approximate surface area is 169 Å². The third-order valence-electron chi connectivity index (χ3n) is 4.89. The first-order valence-corrected chi connectivity index (χ1v) is 9.62. The number of para-hydroxylation sites is 2. The van der Waals surface area contributed by atoms with Crippen molar-refractivity contribution in [2.45, 2.75) is 12.8 Å². The monoisotopic (exact) mass is 400 g/mol. The first-order valence-electron chi connectivity index (χ1n) is 9.62. The van der Waals surface area contributed by atoms with Gasteiger partial charge in [-0.05, 0) is 36.2 Å². The van der Waals surface area contributed by atoms with Gasteiger partial charge in [0.1, 0.15) is 5.82 Å². The molecule has 0 atom stereocenters. The molecule has 1 saturated heterocycles. The molecule has 0 radical (unpaired) electrons. The molecule has 7 heteroatoms. The van der Waals surface area contributed by atoms with Crippen LogP contribution in [0.5, 0.6) is 11.5 Å². The molecule has 3 rings (SSSR count). The highest BCUT2D eigenvalue weighted by atomic mass is 19.1. The summed E-state index contributed by atoms with van der Waals surface area (Å²) in [7, 11) is 1.55. The van der Waals surface area contributed by atoms with Gasteiger partial charge in [-0.1, -0.05) is 24.3 Å². The van der Waals surface area contributed by atoms with E-state index in [1.54, 1.807) is 41.2 Å². The lowest BCUT2D eigenvalue weighted by Crippen LogP contribution is -2.39. The molecule has 0 spiro atoms. The van der Waals surface area contributed by atoms with Crippen molar-refractivity contribution in [3.8, 4) is 11.5 Å². The highest BCUT2D eigenvalue weighted by Gasteiger charge is 2.22. The molecule has 154 valence electrons. The molecule has 1 heterocycles. The molecule has 29 heavy (non-hydrogen) atoms. The SMILES string of the molecule is COc1ccccc1OCC(=O)N1CCCN(C(=O)Cc2ccc(F)cc2)CC1. The molecule has 0 unspecified atom stereocenters. The normalized spacial score (nSPS) is 14.3. The summed E-state index contributed by atoms with van der Waals surface area (Å²) in [6, 6.07) is 13.1. The van der Waals surface area contributed by atoms with E-state index >= 15 is 0 Å². The number of rotatable bonds is 6. The molecule has 2 aromatic carbocycles. The Kier molecular flexibility index (Phi) is 7.05. The van der Waals surface area contributed by atoms with Crippen molar-refractivity contribution < 1.29 is 23.5 Å². The number of benzene rings is 2. The maximum absolute atomic E-state index is 13.0. The number of nitrogens with zero attached hydrogens (tertiary/aromatic N) is 2. The largest absolute Gasteiger partial charge is 0.493 e. The number of hydrogen-bond donors (Lipinski definition) is 0. The second kappa shape index (κ2) is 9.91. The van der Waals surface area contributed by atoms with Gasteiger partial charge in [-0.3, -0.25) is 9.59 Å². The third-order valence-corrected chi connectivity index (χ3v) is 4.89. The predicted octanol–water partition coefficient (Wildman–Crippen LogP) is 2.52. The number of amides is 2. The summed E-state index contributed by atoms with van der Waals surface area (Å²) in [5, 5.41) is 0. The Balaban J connectivity index is 1.50. The molecule has 0 aliphatic carbocycles. The summed E-state index contributed by atoms with van der Waals surface area (Å²) < 4.78 is 23.9. The quantitative estimate of drug-likeness (QED) is 0.748. The molecular formula is C22H25FN2O4. The molecule has 1 aliphatic heterocycles. The minimum absolute atomic E-state index is 0.0174. The molecular weight excluding hydrogens is 375 g/mol. The highest BCUT2D eigenvalue weighted by molar-refractivity contribution is 5.80. The van der Waals surface area contributed by atoms with Gasteiger partial charge in [-0.2, -0.15) is 0 Å². The van der Waals surface area contributed by atoms with E-state index in [9.17, 15) is 14.0 Å². The Morgan fingerprint density at radius 1 is 0.897 bits per heavy atom. The third kappa shape index (κ3) is 5.70. The predicted molar refractivity (Wildman–Crippen MR) is 106 cm³/mol. The van der Waals surface area contributed by atoms with Crippen LogP contribution >= 0.6 is 0 Å². The van der Waals surface area contributed by atoms with Crippen LogP contribution in [0.15, 0.2) is 48.5 Å². The van der Waals surface area contributed by atoms with E-state index in [4.69, 9.17) is 9.47 Å². The molecule has 1 aliphatic rings. The van der Waals surface area contributed by atoms with Crippen LogP contribution in [-0.2, 0) is 16.0 Å². The number of halogens is 1. The van der Waals surface area contributed by atoms with E-state index in [1.165, 1.54) is 12.1 Å². The van der Waals surface area contributed by atoms with Gasteiger partial charge < -0.3 is 19.3 Å². The van der Waals surface area contributed by atoms with E-state index in [0.29, 0.717) is 44.1 Å². The number of carbonyl (C=O) groups is 2. The first-order chi connectivity index (χ1) is 14.1. The van der Waals surface area contributed by atoms with Gasteiger partial charge in [-0.25, -0.2) is 4.39 Å². The zero-order chi connectivity index (χ0) is 20.6. The molecule has 1 fully saturated rings. The minimum atomic E-state index is -0.319. The topological polar surface area (TPSA) is 59.1 Å². The molecule has 6 nitrogen and oxygen atoms in total. The summed E-state index contributed by atoms with van der Waals surface area (Å²) in [6.45, 7) is 2.03. The van der Waals surface area contributed by atoms with Gasteiger partial charge in [0.2, 0.25) is 5.91 Å². The Bertz CT molecular complexity index is 841. The average Bonchev–Trinajstić information content (AvgIpc) is 3.00.